The number of thiophene rings is 1. The first-order valence-corrected chi connectivity index (χ1v) is 7.68. The van der Waals surface area contributed by atoms with Gasteiger partial charge >= 0.3 is 0 Å². The minimum absolute atomic E-state index is 0.682. The number of aryl methyl sites for hydroxylation is 2. The van der Waals surface area contributed by atoms with Crippen LogP contribution in [0.5, 0.6) is 0 Å². The van der Waals surface area contributed by atoms with Crippen molar-refractivity contribution in [2.75, 3.05) is 13.1 Å². The highest BCUT2D eigenvalue weighted by Crippen LogP contribution is 2.38. The molecule has 0 bridgehead atoms. The Labute approximate surface area is 110 Å². The van der Waals surface area contributed by atoms with Crippen molar-refractivity contribution in [1.29, 1.82) is 0 Å². The van der Waals surface area contributed by atoms with Gasteiger partial charge < -0.3 is 5.32 Å². The van der Waals surface area contributed by atoms with E-state index in [1.807, 2.05) is 11.3 Å². The molecule has 1 fully saturated rings. The number of nitrogens with zero attached hydrogens (tertiary/aromatic N) is 1. The maximum atomic E-state index is 4.76. The summed E-state index contributed by atoms with van der Waals surface area (Å²) >= 11 is 3.69. The summed E-state index contributed by atoms with van der Waals surface area (Å²) in [7, 11) is 0. The minimum atomic E-state index is 0.682. The fraction of sp³-hybridized carbons (Fsp3) is 0.462. The molecule has 0 aromatic carbocycles. The number of nitrogens with one attached hydrogen (secondary N) is 1. The molecule has 3 rings (SSSR count). The number of hydrogen-bond donors (Lipinski definition) is 1. The van der Waals surface area contributed by atoms with Crippen molar-refractivity contribution in [2.45, 2.75) is 26.2 Å². The Hall–Kier alpha value is -0.710. The Balaban J connectivity index is 1.98. The fourth-order valence-corrected chi connectivity index (χ4v) is 4.64. The van der Waals surface area contributed by atoms with Crippen molar-refractivity contribution in [1.82, 2.24) is 10.3 Å². The zero-order chi connectivity index (χ0) is 11.8. The maximum absolute atomic E-state index is 4.76. The lowest BCUT2D eigenvalue weighted by atomic mass is 10.1. The molecule has 0 saturated carbocycles. The number of hydrogen-bond acceptors (Lipinski definition) is 4. The molecule has 90 valence electrons. The van der Waals surface area contributed by atoms with Crippen LogP contribution < -0.4 is 5.32 Å². The first-order chi connectivity index (χ1) is 8.25. The average molecular weight is 264 g/mol. The predicted molar refractivity (Wildman–Crippen MR) is 75.1 cm³/mol. The van der Waals surface area contributed by atoms with Gasteiger partial charge in [0.25, 0.3) is 0 Å². The number of rotatable bonds is 2. The molecular formula is C13H16N2S2. The van der Waals surface area contributed by atoms with Gasteiger partial charge in [0.15, 0.2) is 0 Å². The second-order valence-electron chi connectivity index (χ2n) is 4.59. The molecule has 0 spiro atoms. The van der Waals surface area contributed by atoms with E-state index in [1.54, 1.807) is 11.3 Å². The molecule has 1 aliphatic heterocycles. The van der Waals surface area contributed by atoms with E-state index in [1.165, 1.54) is 32.4 Å². The van der Waals surface area contributed by atoms with Crippen molar-refractivity contribution < 1.29 is 0 Å². The van der Waals surface area contributed by atoms with Gasteiger partial charge in [-0.2, -0.15) is 0 Å². The number of aromatic nitrogens is 1. The Bertz CT molecular complexity index is 521. The van der Waals surface area contributed by atoms with E-state index >= 15 is 0 Å². The van der Waals surface area contributed by atoms with E-state index in [2.05, 4.69) is 30.6 Å². The summed E-state index contributed by atoms with van der Waals surface area (Å²) in [4.78, 5) is 7.59. The van der Waals surface area contributed by atoms with Gasteiger partial charge in [-0.1, -0.05) is 0 Å². The summed E-state index contributed by atoms with van der Waals surface area (Å²) < 4.78 is 0. The lowest BCUT2D eigenvalue weighted by molar-refractivity contribution is 0.770. The normalized spacial score (nSPS) is 20.0. The van der Waals surface area contributed by atoms with Crippen LogP contribution in [0, 0.1) is 13.8 Å². The molecule has 2 aromatic rings. The van der Waals surface area contributed by atoms with Crippen molar-refractivity contribution in [2.24, 2.45) is 0 Å². The zero-order valence-electron chi connectivity index (χ0n) is 10.1. The highest BCUT2D eigenvalue weighted by molar-refractivity contribution is 7.21. The van der Waals surface area contributed by atoms with Crippen LogP contribution >= 0.6 is 22.7 Å². The van der Waals surface area contributed by atoms with Gasteiger partial charge in [0.1, 0.15) is 5.01 Å². The van der Waals surface area contributed by atoms with Crippen LogP contribution in [0.2, 0.25) is 0 Å². The van der Waals surface area contributed by atoms with E-state index < -0.39 is 0 Å². The standard InChI is InChI=1S/C13H16N2S2/c1-8-4-6-16-11(8)13-15-9(2)12(17-13)10-3-5-14-7-10/h4,6,10,14H,3,5,7H2,1-2H3. The van der Waals surface area contributed by atoms with Crippen molar-refractivity contribution >= 4 is 22.7 Å². The van der Waals surface area contributed by atoms with Gasteiger partial charge in [-0.3, -0.25) is 0 Å². The Morgan fingerprint density at radius 3 is 2.94 bits per heavy atom. The SMILES string of the molecule is Cc1ccsc1-c1nc(C)c(C2CCNC2)s1. The van der Waals surface area contributed by atoms with Crippen molar-refractivity contribution in [3.8, 4) is 9.88 Å². The first kappa shape index (κ1) is 11.4. The van der Waals surface area contributed by atoms with Crippen LogP contribution in [0.4, 0.5) is 0 Å². The zero-order valence-corrected chi connectivity index (χ0v) is 11.8. The second-order valence-corrected chi connectivity index (χ2v) is 6.54. The van der Waals surface area contributed by atoms with E-state index in [0.29, 0.717) is 5.92 Å². The van der Waals surface area contributed by atoms with Crippen LogP contribution in [0.25, 0.3) is 9.88 Å². The Morgan fingerprint density at radius 1 is 1.41 bits per heavy atom. The molecule has 1 saturated heterocycles. The quantitative estimate of drug-likeness (QED) is 0.897. The highest BCUT2D eigenvalue weighted by Gasteiger charge is 2.22. The fourth-order valence-electron chi connectivity index (χ4n) is 2.35. The van der Waals surface area contributed by atoms with Gasteiger partial charge in [0, 0.05) is 17.3 Å². The third-order valence-corrected chi connectivity index (χ3v) is 5.81. The molecule has 1 N–H and O–H groups in total. The molecule has 0 amide bonds. The average Bonchev–Trinajstić information content (AvgIpc) is 2.97. The summed E-state index contributed by atoms with van der Waals surface area (Å²) in [6, 6.07) is 2.17. The summed E-state index contributed by atoms with van der Waals surface area (Å²) in [6.07, 6.45) is 1.26. The van der Waals surface area contributed by atoms with Crippen LogP contribution in [0.1, 0.15) is 28.5 Å². The third kappa shape index (κ3) is 2.05. The van der Waals surface area contributed by atoms with Crippen molar-refractivity contribution in [3.63, 3.8) is 0 Å². The van der Waals surface area contributed by atoms with Gasteiger partial charge in [-0.25, -0.2) is 4.98 Å². The van der Waals surface area contributed by atoms with Crippen molar-refractivity contribution in [3.05, 3.63) is 27.6 Å². The third-order valence-electron chi connectivity index (χ3n) is 3.32. The smallest absolute Gasteiger partial charge is 0.134 e. The lowest BCUT2D eigenvalue weighted by Gasteiger charge is -2.04. The molecule has 1 unspecified atom stereocenters. The summed E-state index contributed by atoms with van der Waals surface area (Å²) in [5.74, 6) is 0.682. The van der Waals surface area contributed by atoms with Crippen LogP contribution in [-0.4, -0.2) is 18.1 Å². The monoisotopic (exact) mass is 264 g/mol. The highest BCUT2D eigenvalue weighted by atomic mass is 32.1. The van der Waals surface area contributed by atoms with E-state index in [4.69, 9.17) is 4.98 Å². The summed E-state index contributed by atoms with van der Waals surface area (Å²) in [6.45, 7) is 6.58. The molecule has 4 heteroatoms. The van der Waals surface area contributed by atoms with E-state index in [-0.39, 0.29) is 0 Å². The topological polar surface area (TPSA) is 24.9 Å². The van der Waals surface area contributed by atoms with Crippen LogP contribution in [-0.2, 0) is 0 Å². The Morgan fingerprint density at radius 2 is 2.29 bits per heavy atom. The van der Waals surface area contributed by atoms with Gasteiger partial charge in [-0.05, 0) is 43.8 Å². The van der Waals surface area contributed by atoms with Gasteiger partial charge in [0.2, 0.25) is 0 Å². The predicted octanol–water partition coefficient (Wildman–Crippen LogP) is 3.57. The van der Waals surface area contributed by atoms with Gasteiger partial charge in [0.05, 0.1) is 10.6 Å². The molecule has 1 aliphatic rings. The molecule has 0 radical (unpaired) electrons. The largest absolute Gasteiger partial charge is 0.316 e. The molecule has 2 aromatic heterocycles. The van der Waals surface area contributed by atoms with Crippen LogP contribution in [0.3, 0.4) is 0 Å². The summed E-state index contributed by atoms with van der Waals surface area (Å²) in [5.41, 5.74) is 2.58. The van der Waals surface area contributed by atoms with Crippen LogP contribution in [0.15, 0.2) is 11.4 Å². The summed E-state index contributed by atoms with van der Waals surface area (Å²) in [5, 5.41) is 6.79. The molecule has 0 aliphatic carbocycles. The molecule has 1 atom stereocenters. The van der Waals surface area contributed by atoms with Gasteiger partial charge in [-0.15, -0.1) is 22.7 Å². The van der Waals surface area contributed by atoms with E-state index in [9.17, 15) is 0 Å². The van der Waals surface area contributed by atoms with E-state index in [0.717, 1.165) is 13.1 Å². The maximum Gasteiger partial charge on any atom is 0.134 e. The molecular weight excluding hydrogens is 248 g/mol. The first-order valence-electron chi connectivity index (χ1n) is 5.98. The molecule has 2 nitrogen and oxygen atoms in total. The second kappa shape index (κ2) is 4.52. The number of thiazole rings is 1. The molecule has 17 heavy (non-hydrogen) atoms. The Kier molecular flexibility index (Phi) is 3.03. The lowest BCUT2D eigenvalue weighted by Crippen LogP contribution is -2.07. The molecule has 3 heterocycles. The minimum Gasteiger partial charge on any atom is -0.316 e.